The summed E-state index contributed by atoms with van der Waals surface area (Å²) in [5.41, 5.74) is -0.223. The number of rotatable bonds is 2. The number of benzene rings is 2. The topological polar surface area (TPSA) is 127 Å². The van der Waals surface area contributed by atoms with Gasteiger partial charge in [0.1, 0.15) is 0 Å². The highest BCUT2D eigenvalue weighted by Gasteiger charge is 2.13. The first-order chi connectivity index (χ1) is 10.4. The summed E-state index contributed by atoms with van der Waals surface area (Å²) >= 11 is 0. The zero-order valence-electron chi connectivity index (χ0n) is 10.9. The molecule has 2 N–H and O–H groups in total. The third-order valence-electron chi connectivity index (χ3n) is 2.70. The molecule has 8 nitrogen and oxygen atoms in total. The van der Waals surface area contributed by atoms with Crippen molar-refractivity contribution in [3.63, 3.8) is 0 Å². The number of hydrogen-bond acceptors (Lipinski definition) is 6. The van der Waals surface area contributed by atoms with Gasteiger partial charge in [-0.25, -0.2) is 0 Å². The van der Waals surface area contributed by atoms with Gasteiger partial charge in [0.25, 0.3) is 0 Å². The lowest BCUT2D eigenvalue weighted by atomic mass is 10.1. The molecule has 0 amide bonds. The molecule has 0 aliphatic carbocycles. The van der Waals surface area contributed by atoms with Crippen LogP contribution < -0.4 is 0 Å². The number of phenolic OH excluding ortho intramolecular Hbond substituents is 2. The summed E-state index contributed by atoms with van der Waals surface area (Å²) in [4.78, 5) is 19.7. The first-order valence-electron chi connectivity index (χ1n) is 5.85. The Labute approximate surface area is 123 Å². The van der Waals surface area contributed by atoms with E-state index >= 15 is 0 Å². The molecular weight excluding hydrogens is 292 g/mol. The van der Waals surface area contributed by atoms with Gasteiger partial charge >= 0.3 is 11.4 Å². The van der Waals surface area contributed by atoms with Crippen LogP contribution in [0.25, 0.3) is 0 Å². The largest absolute Gasteiger partial charge is 0.502 e. The van der Waals surface area contributed by atoms with Gasteiger partial charge in [0, 0.05) is 35.4 Å². The van der Waals surface area contributed by atoms with Gasteiger partial charge in [-0.2, -0.15) is 0 Å². The Morgan fingerprint density at radius 1 is 0.773 bits per heavy atom. The summed E-state index contributed by atoms with van der Waals surface area (Å²) in [6.45, 7) is 0. The van der Waals surface area contributed by atoms with Crippen molar-refractivity contribution in [2.45, 2.75) is 0 Å². The first-order valence-corrected chi connectivity index (χ1v) is 5.85. The average Bonchev–Trinajstić information content (AvgIpc) is 2.44. The molecule has 110 valence electrons. The minimum Gasteiger partial charge on any atom is -0.502 e. The maximum absolute atomic E-state index is 10.6. The Morgan fingerprint density at radius 2 is 1.14 bits per heavy atom. The highest BCUT2D eigenvalue weighted by atomic mass is 16.6. The Kier molecular flexibility index (Phi) is 3.90. The molecule has 0 aliphatic rings. The Morgan fingerprint density at radius 3 is 1.41 bits per heavy atom. The predicted molar refractivity (Wildman–Crippen MR) is 75.5 cm³/mol. The fraction of sp³-hybridized carbons (Fsp3) is 0. The molecule has 0 heterocycles. The highest BCUT2D eigenvalue weighted by molar-refractivity contribution is 5.55. The van der Waals surface area contributed by atoms with E-state index < -0.39 is 32.7 Å². The number of nitro benzene ring substituents is 2. The van der Waals surface area contributed by atoms with E-state index in [1.807, 2.05) is 0 Å². The SMILES string of the molecule is O=[N+]([O-])c1ccc(C#Cc2ccc([N+](=O)[O-])c(O)c2)cc1O. The summed E-state index contributed by atoms with van der Waals surface area (Å²) in [5.74, 6) is 4.24. The summed E-state index contributed by atoms with van der Waals surface area (Å²) in [5, 5.41) is 40.1. The lowest BCUT2D eigenvalue weighted by molar-refractivity contribution is -0.386. The second-order valence-corrected chi connectivity index (χ2v) is 4.17. The molecule has 0 fully saturated rings. The number of nitro groups is 2. The number of aromatic hydroxyl groups is 2. The van der Waals surface area contributed by atoms with Gasteiger partial charge in [-0.15, -0.1) is 0 Å². The Balaban J connectivity index is 2.31. The van der Waals surface area contributed by atoms with E-state index in [1.165, 1.54) is 12.1 Å². The smallest absolute Gasteiger partial charge is 0.310 e. The van der Waals surface area contributed by atoms with Crippen LogP contribution in [0.2, 0.25) is 0 Å². The van der Waals surface area contributed by atoms with Crippen molar-refractivity contribution in [3.8, 4) is 23.3 Å². The van der Waals surface area contributed by atoms with Crippen molar-refractivity contribution < 1.29 is 20.1 Å². The molecule has 8 heteroatoms. The van der Waals surface area contributed by atoms with Crippen molar-refractivity contribution >= 4 is 11.4 Å². The number of nitrogens with zero attached hydrogens (tertiary/aromatic N) is 2. The minimum atomic E-state index is -0.721. The van der Waals surface area contributed by atoms with Gasteiger partial charge in [-0.3, -0.25) is 20.2 Å². The predicted octanol–water partition coefficient (Wildman–Crippen LogP) is 2.31. The van der Waals surface area contributed by atoms with Crippen LogP contribution in [0.1, 0.15) is 11.1 Å². The van der Waals surface area contributed by atoms with Crippen molar-refractivity contribution in [2.75, 3.05) is 0 Å². The minimum absolute atomic E-state index is 0.320. The van der Waals surface area contributed by atoms with Crippen LogP contribution in [0.5, 0.6) is 11.5 Å². The lowest BCUT2D eigenvalue weighted by Crippen LogP contribution is -1.89. The maximum atomic E-state index is 10.6. The van der Waals surface area contributed by atoms with Crippen LogP contribution in [0.15, 0.2) is 36.4 Å². The molecular formula is C14H8N2O6. The third kappa shape index (κ3) is 3.10. The van der Waals surface area contributed by atoms with Crippen molar-refractivity contribution in [2.24, 2.45) is 0 Å². The molecule has 0 saturated heterocycles. The van der Waals surface area contributed by atoms with Crippen LogP contribution in [0, 0.1) is 32.1 Å². The van der Waals surface area contributed by atoms with E-state index in [0.717, 1.165) is 24.3 Å². The van der Waals surface area contributed by atoms with Gasteiger partial charge in [0.15, 0.2) is 11.5 Å². The quantitative estimate of drug-likeness (QED) is 0.497. The monoisotopic (exact) mass is 300 g/mol. The normalized spacial score (nSPS) is 9.64. The van der Waals surface area contributed by atoms with Crippen LogP contribution in [-0.2, 0) is 0 Å². The van der Waals surface area contributed by atoms with Crippen molar-refractivity contribution in [1.29, 1.82) is 0 Å². The summed E-state index contributed by atoms with van der Waals surface area (Å²) < 4.78 is 0. The van der Waals surface area contributed by atoms with Gasteiger partial charge < -0.3 is 10.2 Å². The standard InChI is InChI=1S/C14H8N2O6/c17-13-7-9(3-5-11(13)15(19)20)1-2-10-4-6-12(16(21)22)14(18)8-10/h3-8,17-18H. The fourth-order valence-corrected chi connectivity index (χ4v) is 1.66. The zero-order chi connectivity index (χ0) is 16.3. The second-order valence-electron chi connectivity index (χ2n) is 4.17. The summed E-state index contributed by atoms with van der Waals surface area (Å²) in [7, 11) is 0. The molecule has 0 saturated carbocycles. The van der Waals surface area contributed by atoms with Crippen molar-refractivity contribution in [3.05, 3.63) is 67.8 Å². The van der Waals surface area contributed by atoms with Crippen LogP contribution in [0.3, 0.4) is 0 Å². The first kappa shape index (κ1) is 14.8. The highest BCUT2D eigenvalue weighted by Crippen LogP contribution is 2.27. The maximum Gasteiger partial charge on any atom is 0.310 e. The summed E-state index contributed by atoms with van der Waals surface area (Å²) in [6.07, 6.45) is 0. The molecule has 0 bridgehead atoms. The molecule has 2 rings (SSSR count). The second kappa shape index (κ2) is 5.80. The molecule has 0 radical (unpaired) electrons. The molecule has 0 spiro atoms. The van der Waals surface area contributed by atoms with E-state index in [-0.39, 0.29) is 0 Å². The molecule has 0 aliphatic heterocycles. The molecule has 0 atom stereocenters. The van der Waals surface area contributed by atoms with Gasteiger partial charge in [0.2, 0.25) is 0 Å². The van der Waals surface area contributed by atoms with Gasteiger partial charge in [0.05, 0.1) is 9.85 Å². The van der Waals surface area contributed by atoms with Crippen LogP contribution in [-0.4, -0.2) is 20.1 Å². The summed E-state index contributed by atoms with van der Waals surface area (Å²) in [6, 6.07) is 7.22. The average molecular weight is 300 g/mol. The van der Waals surface area contributed by atoms with Gasteiger partial charge in [-0.1, -0.05) is 11.8 Å². The number of hydrogen-bond donors (Lipinski definition) is 2. The molecule has 0 unspecified atom stereocenters. The molecule has 2 aromatic carbocycles. The number of phenols is 2. The molecule has 0 aromatic heterocycles. The van der Waals surface area contributed by atoms with E-state index in [2.05, 4.69) is 11.8 Å². The van der Waals surface area contributed by atoms with Crippen LogP contribution in [0.4, 0.5) is 11.4 Å². The van der Waals surface area contributed by atoms with Crippen molar-refractivity contribution in [1.82, 2.24) is 0 Å². The molecule has 2 aromatic rings. The Bertz CT molecular complexity index is 767. The molecule has 22 heavy (non-hydrogen) atoms. The fourth-order valence-electron chi connectivity index (χ4n) is 1.66. The van der Waals surface area contributed by atoms with E-state index in [4.69, 9.17) is 0 Å². The third-order valence-corrected chi connectivity index (χ3v) is 2.70. The zero-order valence-corrected chi connectivity index (χ0v) is 10.9. The van der Waals surface area contributed by atoms with Gasteiger partial charge in [-0.05, 0) is 12.1 Å². The lowest BCUT2D eigenvalue weighted by Gasteiger charge is -1.97. The van der Waals surface area contributed by atoms with E-state index in [0.29, 0.717) is 11.1 Å². The Hall–Kier alpha value is -3.60. The van der Waals surface area contributed by atoms with Crippen LogP contribution >= 0.6 is 0 Å². The van der Waals surface area contributed by atoms with E-state index in [9.17, 15) is 30.4 Å². The van der Waals surface area contributed by atoms with E-state index in [1.54, 1.807) is 0 Å².